The van der Waals surface area contributed by atoms with E-state index < -0.39 is 6.10 Å². The van der Waals surface area contributed by atoms with Gasteiger partial charge in [-0.25, -0.2) is 4.39 Å². The molecule has 120 valence electrons. The summed E-state index contributed by atoms with van der Waals surface area (Å²) in [6.45, 7) is 2.54. The van der Waals surface area contributed by atoms with Gasteiger partial charge < -0.3 is 15.4 Å². The lowest BCUT2D eigenvalue weighted by Gasteiger charge is -2.23. The molecule has 2 aromatic rings. The minimum Gasteiger partial charge on any atom is -0.479 e. The molecule has 0 aliphatic carbocycles. The van der Waals surface area contributed by atoms with Crippen LogP contribution in [0.3, 0.4) is 0 Å². The lowest BCUT2D eigenvalue weighted by molar-refractivity contribution is -0.122. The zero-order chi connectivity index (χ0) is 16.4. The third-order valence-corrected chi connectivity index (χ3v) is 4.02. The molecule has 2 N–H and O–H groups in total. The molecule has 23 heavy (non-hydrogen) atoms. The largest absolute Gasteiger partial charge is 0.479 e. The predicted molar refractivity (Wildman–Crippen MR) is 87.1 cm³/mol. The molecule has 1 atom stereocenters. The molecule has 1 amide bonds. The second-order valence-electron chi connectivity index (χ2n) is 5.38. The fourth-order valence-corrected chi connectivity index (χ4v) is 2.63. The van der Waals surface area contributed by atoms with E-state index in [2.05, 4.69) is 10.6 Å². The fourth-order valence-electron chi connectivity index (χ4n) is 2.40. The summed E-state index contributed by atoms with van der Waals surface area (Å²) in [5.41, 5.74) is 2.04. The molecule has 4 nitrogen and oxygen atoms in total. The van der Waals surface area contributed by atoms with Crippen LogP contribution in [0.15, 0.2) is 36.4 Å². The SMILES string of the molecule is CC1Oc2ccc(CNCc3c(F)cccc3Cl)cc2NC1=O. The minimum atomic E-state index is -0.491. The Kier molecular flexibility index (Phi) is 4.50. The summed E-state index contributed by atoms with van der Waals surface area (Å²) in [7, 11) is 0. The number of halogens is 2. The van der Waals surface area contributed by atoms with Crippen molar-refractivity contribution < 1.29 is 13.9 Å². The Bertz CT molecular complexity index is 731. The number of fused-ring (bicyclic) bond motifs is 1. The van der Waals surface area contributed by atoms with Gasteiger partial charge in [0.1, 0.15) is 11.6 Å². The summed E-state index contributed by atoms with van der Waals surface area (Å²) in [6.07, 6.45) is -0.491. The Morgan fingerprint density at radius 1 is 1.30 bits per heavy atom. The van der Waals surface area contributed by atoms with Crippen LogP contribution < -0.4 is 15.4 Å². The smallest absolute Gasteiger partial charge is 0.265 e. The average Bonchev–Trinajstić information content (AvgIpc) is 2.51. The molecule has 1 unspecified atom stereocenters. The van der Waals surface area contributed by atoms with E-state index in [9.17, 15) is 9.18 Å². The number of nitrogens with one attached hydrogen (secondary N) is 2. The van der Waals surface area contributed by atoms with Crippen molar-refractivity contribution in [1.29, 1.82) is 0 Å². The zero-order valence-corrected chi connectivity index (χ0v) is 13.3. The molecule has 0 bridgehead atoms. The van der Waals surface area contributed by atoms with E-state index in [1.54, 1.807) is 19.1 Å². The van der Waals surface area contributed by atoms with E-state index in [0.717, 1.165) is 5.56 Å². The van der Waals surface area contributed by atoms with E-state index in [1.165, 1.54) is 6.07 Å². The monoisotopic (exact) mass is 334 g/mol. The van der Waals surface area contributed by atoms with E-state index >= 15 is 0 Å². The van der Waals surface area contributed by atoms with Crippen LogP contribution in [0.2, 0.25) is 5.02 Å². The molecule has 6 heteroatoms. The van der Waals surface area contributed by atoms with Crippen molar-refractivity contribution in [2.75, 3.05) is 5.32 Å². The van der Waals surface area contributed by atoms with Gasteiger partial charge in [0.25, 0.3) is 5.91 Å². The number of hydrogen-bond acceptors (Lipinski definition) is 3. The van der Waals surface area contributed by atoms with Gasteiger partial charge in [0.15, 0.2) is 6.10 Å². The first-order valence-electron chi connectivity index (χ1n) is 7.28. The number of benzene rings is 2. The molecule has 2 aromatic carbocycles. The van der Waals surface area contributed by atoms with Crippen LogP contribution in [0.25, 0.3) is 0 Å². The van der Waals surface area contributed by atoms with Crippen LogP contribution in [0, 0.1) is 5.82 Å². The second-order valence-corrected chi connectivity index (χ2v) is 5.79. The van der Waals surface area contributed by atoms with Crippen molar-refractivity contribution in [3.05, 3.63) is 58.4 Å². The Balaban J connectivity index is 1.66. The Hall–Kier alpha value is -2.11. The van der Waals surface area contributed by atoms with Gasteiger partial charge in [0.05, 0.1) is 5.69 Å². The van der Waals surface area contributed by atoms with Gasteiger partial charge in [0.2, 0.25) is 0 Å². The number of carbonyl (C=O) groups excluding carboxylic acids is 1. The van der Waals surface area contributed by atoms with Crippen molar-refractivity contribution in [1.82, 2.24) is 5.32 Å². The van der Waals surface area contributed by atoms with E-state index in [4.69, 9.17) is 16.3 Å². The number of carbonyl (C=O) groups is 1. The maximum absolute atomic E-state index is 13.7. The highest BCUT2D eigenvalue weighted by atomic mass is 35.5. The Morgan fingerprint density at radius 2 is 2.13 bits per heavy atom. The molecule has 0 spiro atoms. The number of rotatable bonds is 4. The maximum Gasteiger partial charge on any atom is 0.265 e. The lowest BCUT2D eigenvalue weighted by atomic mass is 10.1. The number of anilines is 1. The third-order valence-electron chi connectivity index (χ3n) is 3.67. The first-order chi connectivity index (χ1) is 11.0. The van der Waals surface area contributed by atoms with Crippen molar-refractivity contribution >= 4 is 23.2 Å². The van der Waals surface area contributed by atoms with Crippen LogP contribution in [0.4, 0.5) is 10.1 Å². The highest BCUT2D eigenvalue weighted by molar-refractivity contribution is 6.31. The molecule has 1 aliphatic heterocycles. The van der Waals surface area contributed by atoms with Gasteiger partial charge in [-0.2, -0.15) is 0 Å². The molecule has 3 rings (SSSR count). The van der Waals surface area contributed by atoms with Crippen molar-refractivity contribution in [3.63, 3.8) is 0 Å². The molecule has 0 saturated carbocycles. The molecule has 0 fully saturated rings. The van der Waals surface area contributed by atoms with E-state index in [-0.39, 0.29) is 11.7 Å². The molecular weight excluding hydrogens is 319 g/mol. The summed E-state index contributed by atoms with van der Waals surface area (Å²) in [5.74, 6) is 0.156. The molecule has 0 aromatic heterocycles. The van der Waals surface area contributed by atoms with Crippen molar-refractivity contribution in [2.45, 2.75) is 26.1 Å². The van der Waals surface area contributed by atoms with Crippen LogP contribution >= 0.6 is 11.6 Å². The predicted octanol–water partition coefficient (Wildman–Crippen LogP) is 3.49. The maximum atomic E-state index is 13.7. The van der Waals surface area contributed by atoms with Crippen LogP contribution in [0.1, 0.15) is 18.1 Å². The normalized spacial score (nSPS) is 16.5. The van der Waals surface area contributed by atoms with Crippen LogP contribution in [0.5, 0.6) is 5.75 Å². The van der Waals surface area contributed by atoms with Crippen LogP contribution in [-0.4, -0.2) is 12.0 Å². The highest BCUT2D eigenvalue weighted by Crippen LogP contribution is 2.30. The number of ether oxygens (including phenoxy) is 1. The molecular formula is C17H16ClFN2O2. The summed E-state index contributed by atoms with van der Waals surface area (Å²) >= 11 is 5.99. The average molecular weight is 335 g/mol. The van der Waals surface area contributed by atoms with Crippen LogP contribution in [-0.2, 0) is 17.9 Å². The minimum absolute atomic E-state index is 0.166. The summed E-state index contributed by atoms with van der Waals surface area (Å²) in [6, 6.07) is 10.2. The zero-order valence-electron chi connectivity index (χ0n) is 12.5. The number of amides is 1. The first kappa shape index (κ1) is 15.8. The Labute approximate surface area is 138 Å². The van der Waals surface area contributed by atoms with Gasteiger partial charge in [-0.1, -0.05) is 23.7 Å². The Morgan fingerprint density at radius 3 is 2.91 bits per heavy atom. The fraction of sp³-hybridized carbons (Fsp3) is 0.235. The topological polar surface area (TPSA) is 50.4 Å². The van der Waals surface area contributed by atoms with Crippen molar-refractivity contribution in [2.24, 2.45) is 0 Å². The standard InChI is InChI=1S/C17H16ClFN2O2/c1-10-17(22)21-15-7-11(5-6-16(15)23-10)8-20-9-12-13(18)3-2-4-14(12)19/h2-7,10,20H,8-9H2,1H3,(H,21,22). The quantitative estimate of drug-likeness (QED) is 0.900. The second kappa shape index (κ2) is 6.56. The van der Waals surface area contributed by atoms with Gasteiger partial charge in [-0.05, 0) is 36.8 Å². The van der Waals surface area contributed by atoms with Crippen molar-refractivity contribution in [3.8, 4) is 5.75 Å². The van der Waals surface area contributed by atoms with Gasteiger partial charge in [-0.3, -0.25) is 4.79 Å². The number of hydrogen-bond donors (Lipinski definition) is 2. The summed E-state index contributed by atoms with van der Waals surface area (Å²) < 4.78 is 19.2. The lowest BCUT2D eigenvalue weighted by Crippen LogP contribution is -2.34. The van der Waals surface area contributed by atoms with E-state index in [0.29, 0.717) is 35.1 Å². The van der Waals surface area contributed by atoms with E-state index in [1.807, 2.05) is 18.2 Å². The summed E-state index contributed by atoms with van der Waals surface area (Å²) in [5, 5.41) is 6.35. The van der Waals surface area contributed by atoms with Gasteiger partial charge in [0, 0.05) is 23.7 Å². The molecule has 0 radical (unpaired) electrons. The molecule has 1 aliphatic rings. The highest BCUT2D eigenvalue weighted by Gasteiger charge is 2.23. The summed E-state index contributed by atoms with van der Waals surface area (Å²) in [4.78, 5) is 11.6. The first-order valence-corrected chi connectivity index (χ1v) is 7.66. The van der Waals surface area contributed by atoms with Gasteiger partial charge in [-0.15, -0.1) is 0 Å². The third kappa shape index (κ3) is 3.46. The molecule has 0 saturated heterocycles. The molecule has 1 heterocycles. The van der Waals surface area contributed by atoms with Gasteiger partial charge >= 0.3 is 0 Å².